The number of aliphatic carboxylic acids is 1. The van der Waals surface area contributed by atoms with Gasteiger partial charge in [-0.25, -0.2) is 8.42 Å². The van der Waals surface area contributed by atoms with E-state index in [-0.39, 0.29) is 50.0 Å². The van der Waals surface area contributed by atoms with Gasteiger partial charge in [0.05, 0.1) is 62.7 Å². The summed E-state index contributed by atoms with van der Waals surface area (Å²) in [6, 6.07) is 22.2. The molecule has 6 aromatic rings. The number of hydrogen-bond acceptors (Lipinski definition) is 15. The summed E-state index contributed by atoms with van der Waals surface area (Å²) < 4.78 is 53.5. The largest absolute Gasteiger partial charge is 0.494 e. The van der Waals surface area contributed by atoms with Crippen LogP contribution in [0.5, 0.6) is 11.5 Å². The van der Waals surface area contributed by atoms with E-state index in [4.69, 9.17) is 41.4 Å². The standard InChI is InChI=1S/C51H60ClN9O9S2/c1-30-8-9-35(41(27-46(63)64)36-25-42(57-53)49(54-5)44(26-36)67-7)24-37(30)29-60(6)72(65,66)40-16-14-39(15-17-40)70-23-22-69-21-20-68-19-18-55-45(62)28-43-50-59-58-33(4)61(50)51-47(31(2)32(3)71-51)48(56-43)34-10-12-38(52)13-11-34/h8-17,24-26,41,43,54,57H,18-23,27-29,53H2,1-7H3,(H,55,62)(H,63,64)/t41?,43-/m0/s1. The molecule has 1 amide bonds. The third-order valence-electron chi connectivity index (χ3n) is 12.4. The predicted molar refractivity (Wildman–Crippen MR) is 279 cm³/mol. The van der Waals surface area contributed by atoms with Crippen molar-refractivity contribution in [2.45, 2.75) is 63.9 Å². The van der Waals surface area contributed by atoms with Crippen LogP contribution in [0.4, 0.5) is 11.4 Å². The molecule has 0 spiro atoms. The van der Waals surface area contributed by atoms with E-state index in [0.29, 0.717) is 70.2 Å². The van der Waals surface area contributed by atoms with Crippen molar-refractivity contribution in [2.24, 2.45) is 10.8 Å². The van der Waals surface area contributed by atoms with Crippen LogP contribution in [0, 0.1) is 27.7 Å². The second-order valence-corrected chi connectivity index (χ2v) is 20.8. The number of anilines is 2. The summed E-state index contributed by atoms with van der Waals surface area (Å²) in [5, 5.41) is 26.3. The van der Waals surface area contributed by atoms with Crippen molar-refractivity contribution in [2.75, 3.05) is 71.5 Å². The number of carboxylic acid groups (broad SMARTS) is 1. The maximum absolute atomic E-state index is 13.8. The van der Waals surface area contributed by atoms with Gasteiger partial charge in [-0.15, -0.1) is 21.5 Å². The number of aromatic nitrogens is 3. The molecule has 1 aliphatic heterocycles. The van der Waals surface area contributed by atoms with Crippen LogP contribution in [-0.4, -0.2) is 111 Å². The number of benzene rings is 4. The number of carbonyl (C=O) groups is 2. The fraction of sp³-hybridized carbons (Fsp3) is 0.353. The summed E-state index contributed by atoms with van der Waals surface area (Å²) >= 11 is 7.89. The number of nitrogen functional groups attached to an aromatic ring is 1. The molecule has 0 bridgehead atoms. The second-order valence-electron chi connectivity index (χ2n) is 17.1. The molecule has 1 unspecified atom stereocenters. The van der Waals surface area contributed by atoms with Gasteiger partial charge in [-0.3, -0.25) is 25.0 Å². The van der Waals surface area contributed by atoms with Gasteiger partial charge in [0, 0.05) is 54.1 Å². The Kier molecular flexibility index (Phi) is 17.7. The van der Waals surface area contributed by atoms with E-state index in [2.05, 4.69) is 40.1 Å². The summed E-state index contributed by atoms with van der Waals surface area (Å²) in [6.45, 7) is 9.65. The Balaban J connectivity index is 0.850. The first kappa shape index (κ1) is 53.4. The zero-order valence-electron chi connectivity index (χ0n) is 41.2. The molecule has 1 aliphatic rings. The van der Waals surface area contributed by atoms with E-state index in [1.165, 1.54) is 30.6 Å². The summed E-state index contributed by atoms with van der Waals surface area (Å²) in [7, 11) is 0.818. The Morgan fingerprint density at radius 3 is 2.32 bits per heavy atom. The highest BCUT2D eigenvalue weighted by atomic mass is 35.5. The molecule has 18 nitrogen and oxygen atoms in total. The Morgan fingerprint density at radius 2 is 1.64 bits per heavy atom. The predicted octanol–water partition coefficient (Wildman–Crippen LogP) is 7.49. The lowest BCUT2D eigenvalue weighted by Crippen LogP contribution is -2.29. The molecule has 0 aliphatic carbocycles. The molecule has 3 heterocycles. The number of methoxy groups -OCH3 is 1. The maximum Gasteiger partial charge on any atom is 0.304 e. The fourth-order valence-corrected chi connectivity index (χ4v) is 10.9. The lowest BCUT2D eigenvalue weighted by Gasteiger charge is -2.23. The van der Waals surface area contributed by atoms with Crippen LogP contribution in [0.2, 0.25) is 5.02 Å². The number of nitrogens with two attached hydrogens (primary N) is 1. The van der Waals surface area contributed by atoms with Gasteiger partial charge in [0.25, 0.3) is 0 Å². The molecule has 6 N–H and O–H groups in total. The van der Waals surface area contributed by atoms with E-state index < -0.39 is 28.0 Å². The number of hydrogen-bond donors (Lipinski definition) is 5. The minimum atomic E-state index is -3.93. The average Bonchev–Trinajstić information content (AvgIpc) is 3.85. The first-order valence-corrected chi connectivity index (χ1v) is 25.8. The highest BCUT2D eigenvalue weighted by molar-refractivity contribution is 7.89. The zero-order valence-corrected chi connectivity index (χ0v) is 43.6. The number of ether oxygens (including phenoxy) is 4. The van der Waals surface area contributed by atoms with Crippen molar-refractivity contribution in [1.82, 2.24) is 24.4 Å². The van der Waals surface area contributed by atoms with E-state index >= 15 is 0 Å². The molecule has 7 rings (SSSR count). The number of nitrogens with one attached hydrogen (secondary N) is 3. The van der Waals surface area contributed by atoms with E-state index in [9.17, 15) is 23.1 Å². The van der Waals surface area contributed by atoms with Gasteiger partial charge in [-0.05, 0) is 104 Å². The van der Waals surface area contributed by atoms with Crippen LogP contribution in [0.3, 0.4) is 0 Å². The van der Waals surface area contributed by atoms with Gasteiger partial charge >= 0.3 is 5.97 Å². The van der Waals surface area contributed by atoms with Gasteiger partial charge in [0.1, 0.15) is 40.7 Å². The molecule has 72 heavy (non-hydrogen) atoms. The maximum atomic E-state index is 13.8. The molecule has 4 aromatic carbocycles. The van der Waals surface area contributed by atoms with Crippen molar-refractivity contribution >= 4 is 61.9 Å². The van der Waals surface area contributed by atoms with Crippen molar-refractivity contribution < 1.29 is 42.1 Å². The highest BCUT2D eigenvalue weighted by Gasteiger charge is 2.33. The lowest BCUT2D eigenvalue weighted by atomic mass is 9.86. The van der Waals surface area contributed by atoms with Gasteiger partial charge in [0.2, 0.25) is 15.9 Å². The number of aliphatic imine (C=N–C) groups is 1. The number of sulfonamides is 1. The first-order valence-electron chi connectivity index (χ1n) is 23.2. The summed E-state index contributed by atoms with van der Waals surface area (Å²) in [6.07, 6.45) is -0.158. The van der Waals surface area contributed by atoms with Crippen molar-refractivity contribution in [3.05, 3.63) is 139 Å². The summed E-state index contributed by atoms with van der Waals surface area (Å²) in [4.78, 5) is 31.8. The van der Waals surface area contributed by atoms with Crippen LogP contribution in [0.25, 0.3) is 5.00 Å². The summed E-state index contributed by atoms with van der Waals surface area (Å²) in [5.74, 6) is 6.29. The van der Waals surface area contributed by atoms with Crippen molar-refractivity contribution in [1.29, 1.82) is 0 Å². The van der Waals surface area contributed by atoms with Crippen LogP contribution in [0.15, 0.2) is 88.8 Å². The van der Waals surface area contributed by atoms with Crippen molar-refractivity contribution in [3.8, 4) is 16.5 Å². The molecule has 0 saturated carbocycles. The highest BCUT2D eigenvalue weighted by Crippen LogP contribution is 2.41. The number of rotatable bonds is 24. The number of carbonyl (C=O) groups excluding carboxylic acids is 1. The molecule has 0 fully saturated rings. The molecule has 2 aromatic heterocycles. The number of carboxylic acids is 1. The molecule has 0 radical (unpaired) electrons. The Labute approximate surface area is 428 Å². The molecule has 2 atom stereocenters. The quantitative estimate of drug-likeness (QED) is 0.0225. The molecule has 21 heteroatoms. The van der Waals surface area contributed by atoms with Crippen LogP contribution < -0.4 is 31.4 Å². The number of thiophene rings is 1. The van der Waals surface area contributed by atoms with Crippen LogP contribution in [-0.2, 0) is 35.6 Å². The number of aryl methyl sites for hydroxylation is 3. The minimum Gasteiger partial charge on any atom is -0.494 e. The topological polar surface area (TPSA) is 234 Å². The monoisotopic (exact) mass is 1040 g/mol. The number of nitrogens with zero attached hydrogens (tertiary/aromatic N) is 5. The number of fused-ring (bicyclic) bond motifs is 3. The Hall–Kier alpha value is -6.39. The van der Waals surface area contributed by atoms with E-state index in [1.54, 1.807) is 42.6 Å². The molecular formula is C51H60ClN9O9S2. The van der Waals surface area contributed by atoms with E-state index in [1.807, 2.05) is 60.9 Å². The van der Waals surface area contributed by atoms with Crippen LogP contribution in [0.1, 0.15) is 80.3 Å². The Bertz CT molecular complexity index is 3010. The number of amides is 1. The SMILES string of the molecule is CNc1c(NN)cc(C(CC(=O)O)c2ccc(C)c(CN(C)S(=O)(=O)c3ccc(OCCOCCOCCNC(=O)C[C@@H]4N=C(c5ccc(Cl)cc5)c5c(sc(C)c5C)-n5c(C)nnc54)cc3)c2)cc1OC. The Morgan fingerprint density at radius 1 is 0.931 bits per heavy atom. The number of halogens is 1. The van der Waals surface area contributed by atoms with Gasteiger partial charge in [-0.1, -0.05) is 41.9 Å². The smallest absolute Gasteiger partial charge is 0.304 e. The fourth-order valence-electron chi connectivity index (χ4n) is 8.45. The summed E-state index contributed by atoms with van der Waals surface area (Å²) in [5.41, 5.74) is 10.5. The van der Waals surface area contributed by atoms with Crippen LogP contribution >= 0.6 is 22.9 Å². The normalized spacial score (nSPS) is 13.7. The number of hydrazine groups is 1. The second kappa shape index (κ2) is 23.9. The first-order chi connectivity index (χ1) is 34.5. The molecule has 382 valence electrons. The van der Waals surface area contributed by atoms with E-state index in [0.717, 1.165) is 43.7 Å². The molecule has 0 saturated heterocycles. The lowest BCUT2D eigenvalue weighted by molar-refractivity contribution is -0.137. The minimum absolute atomic E-state index is 0.0402. The van der Waals surface area contributed by atoms with Crippen molar-refractivity contribution in [3.63, 3.8) is 0 Å². The zero-order chi connectivity index (χ0) is 51.7. The molecular weight excluding hydrogens is 982 g/mol. The van der Waals surface area contributed by atoms with Gasteiger partial charge < -0.3 is 40.1 Å². The third kappa shape index (κ3) is 12.3. The third-order valence-corrected chi connectivity index (χ3v) is 15.7. The average molecular weight is 1040 g/mol. The van der Waals surface area contributed by atoms with Gasteiger partial charge in [0.15, 0.2) is 5.82 Å². The van der Waals surface area contributed by atoms with Gasteiger partial charge in [-0.2, -0.15) is 4.31 Å².